The Labute approximate surface area is 116 Å². The van der Waals surface area contributed by atoms with Crippen LogP contribution in [0, 0.1) is 0 Å². The minimum atomic E-state index is -0.104. The molecule has 0 radical (unpaired) electrons. The van der Waals surface area contributed by atoms with Crippen molar-refractivity contribution in [3.05, 3.63) is 50.4 Å². The van der Waals surface area contributed by atoms with Crippen LogP contribution in [-0.2, 0) is 0 Å². The van der Waals surface area contributed by atoms with Crippen LogP contribution in [0.2, 0.25) is 9.36 Å². The number of nitrogens with zero attached hydrogens (tertiary/aromatic N) is 1. The summed E-state index contributed by atoms with van der Waals surface area (Å²) in [5, 5.41) is 1.15. The SMILES string of the molecule is O=C(c1ccc(Cl)s1)c1c[nH]c2nccc(Cl)c12. The molecule has 3 aromatic rings. The lowest BCUT2D eigenvalue weighted by atomic mass is 10.1. The number of nitrogens with one attached hydrogen (secondary N) is 1. The van der Waals surface area contributed by atoms with Gasteiger partial charge < -0.3 is 4.98 Å². The fourth-order valence-corrected chi connectivity index (χ4v) is 3.01. The highest BCUT2D eigenvalue weighted by Crippen LogP contribution is 2.29. The highest BCUT2D eigenvalue weighted by atomic mass is 35.5. The van der Waals surface area contributed by atoms with Gasteiger partial charge in [0.2, 0.25) is 5.78 Å². The number of rotatable bonds is 2. The van der Waals surface area contributed by atoms with Crippen molar-refractivity contribution in [1.82, 2.24) is 9.97 Å². The third-order valence-electron chi connectivity index (χ3n) is 2.56. The van der Waals surface area contributed by atoms with Gasteiger partial charge in [0.25, 0.3) is 0 Å². The summed E-state index contributed by atoms with van der Waals surface area (Å²) in [4.78, 5) is 20.0. The first kappa shape index (κ1) is 11.7. The topological polar surface area (TPSA) is 45.8 Å². The fourth-order valence-electron chi connectivity index (χ4n) is 1.76. The Morgan fingerprint density at radius 1 is 1.28 bits per heavy atom. The number of carbonyl (C=O) groups is 1. The van der Waals surface area contributed by atoms with Crippen molar-refractivity contribution < 1.29 is 4.79 Å². The lowest BCUT2D eigenvalue weighted by molar-refractivity contribution is 0.104. The number of aromatic nitrogens is 2. The van der Waals surface area contributed by atoms with Gasteiger partial charge in [0.15, 0.2) is 0 Å². The number of ketones is 1. The molecule has 6 heteroatoms. The normalized spacial score (nSPS) is 11.0. The van der Waals surface area contributed by atoms with Crippen molar-refractivity contribution >= 4 is 51.4 Å². The number of hydrogen-bond donors (Lipinski definition) is 1. The monoisotopic (exact) mass is 296 g/mol. The van der Waals surface area contributed by atoms with E-state index in [0.29, 0.717) is 30.8 Å². The molecule has 3 heterocycles. The Bertz CT molecular complexity index is 747. The average molecular weight is 297 g/mol. The summed E-state index contributed by atoms with van der Waals surface area (Å²) >= 11 is 13.2. The maximum Gasteiger partial charge on any atom is 0.205 e. The van der Waals surface area contributed by atoms with E-state index in [1.165, 1.54) is 11.3 Å². The molecule has 3 rings (SSSR count). The van der Waals surface area contributed by atoms with Crippen molar-refractivity contribution in [2.24, 2.45) is 0 Å². The van der Waals surface area contributed by atoms with E-state index in [-0.39, 0.29) is 5.78 Å². The Kier molecular flexibility index (Phi) is 2.86. The third-order valence-corrected chi connectivity index (χ3v) is 4.11. The molecule has 0 bridgehead atoms. The number of H-pyrrole nitrogens is 1. The summed E-state index contributed by atoms with van der Waals surface area (Å²) in [5.74, 6) is -0.104. The van der Waals surface area contributed by atoms with Gasteiger partial charge in [-0.25, -0.2) is 4.98 Å². The zero-order valence-electron chi connectivity index (χ0n) is 8.91. The van der Waals surface area contributed by atoms with Gasteiger partial charge >= 0.3 is 0 Å². The van der Waals surface area contributed by atoms with Crippen molar-refractivity contribution in [2.45, 2.75) is 0 Å². The van der Waals surface area contributed by atoms with Crippen LogP contribution in [0.4, 0.5) is 0 Å². The van der Waals surface area contributed by atoms with Gasteiger partial charge in [0, 0.05) is 17.8 Å². The maximum absolute atomic E-state index is 12.3. The maximum atomic E-state index is 12.3. The third kappa shape index (κ3) is 1.82. The average Bonchev–Trinajstić information content (AvgIpc) is 2.95. The molecule has 3 aromatic heterocycles. The van der Waals surface area contributed by atoms with E-state index in [1.807, 2.05) is 0 Å². The summed E-state index contributed by atoms with van der Waals surface area (Å²) in [6.07, 6.45) is 3.22. The zero-order valence-corrected chi connectivity index (χ0v) is 11.2. The molecule has 3 nitrogen and oxygen atoms in total. The Balaban J connectivity index is 2.18. The van der Waals surface area contributed by atoms with E-state index in [4.69, 9.17) is 23.2 Å². The standard InChI is InChI=1S/C12H6Cl2N2OS/c13-7-3-4-15-12-10(7)6(5-16-12)11(17)8-1-2-9(14)18-8/h1-5H,(H,15,16). The molecule has 0 aromatic carbocycles. The number of fused-ring (bicyclic) bond motifs is 1. The highest BCUT2D eigenvalue weighted by Gasteiger charge is 2.18. The molecule has 0 saturated heterocycles. The van der Waals surface area contributed by atoms with Gasteiger partial charge in [-0.15, -0.1) is 11.3 Å². The van der Waals surface area contributed by atoms with Crippen LogP contribution in [0.1, 0.15) is 15.2 Å². The second kappa shape index (κ2) is 4.39. The van der Waals surface area contributed by atoms with Crippen molar-refractivity contribution in [2.75, 3.05) is 0 Å². The molecule has 0 amide bonds. The number of pyridine rings is 1. The lowest BCUT2D eigenvalue weighted by Gasteiger charge is -1.97. The van der Waals surface area contributed by atoms with E-state index in [2.05, 4.69) is 9.97 Å². The molecule has 90 valence electrons. The molecule has 0 aliphatic rings. The van der Waals surface area contributed by atoms with E-state index in [9.17, 15) is 4.79 Å². The fraction of sp³-hybridized carbons (Fsp3) is 0. The molecule has 0 spiro atoms. The number of halogens is 2. The summed E-state index contributed by atoms with van der Waals surface area (Å²) in [5.41, 5.74) is 1.12. The largest absolute Gasteiger partial charge is 0.345 e. The van der Waals surface area contributed by atoms with Crippen molar-refractivity contribution in [3.63, 3.8) is 0 Å². The van der Waals surface area contributed by atoms with Crippen LogP contribution in [0.5, 0.6) is 0 Å². The molecule has 0 unspecified atom stereocenters. The molecule has 0 atom stereocenters. The van der Waals surface area contributed by atoms with E-state index >= 15 is 0 Å². The summed E-state index contributed by atoms with van der Waals surface area (Å²) in [6, 6.07) is 5.07. The van der Waals surface area contributed by atoms with Crippen molar-refractivity contribution in [3.8, 4) is 0 Å². The van der Waals surface area contributed by atoms with E-state index in [0.717, 1.165) is 0 Å². The summed E-state index contributed by atoms with van der Waals surface area (Å²) < 4.78 is 0.586. The number of hydrogen-bond acceptors (Lipinski definition) is 3. The van der Waals surface area contributed by atoms with Crippen LogP contribution in [0.25, 0.3) is 11.0 Å². The summed E-state index contributed by atoms with van der Waals surface area (Å²) in [7, 11) is 0. The van der Waals surface area contributed by atoms with E-state index < -0.39 is 0 Å². The quantitative estimate of drug-likeness (QED) is 0.722. The Morgan fingerprint density at radius 3 is 2.83 bits per heavy atom. The van der Waals surface area contributed by atoms with Gasteiger partial charge in [0.1, 0.15) is 5.65 Å². The van der Waals surface area contributed by atoms with Crippen LogP contribution in [-0.4, -0.2) is 15.8 Å². The zero-order chi connectivity index (χ0) is 12.7. The molecule has 0 saturated carbocycles. The Hall–Kier alpha value is -1.36. The molecule has 1 N–H and O–H groups in total. The second-order valence-corrected chi connectivity index (χ2v) is 5.77. The van der Waals surface area contributed by atoms with Crippen LogP contribution in [0.15, 0.2) is 30.6 Å². The lowest BCUT2D eigenvalue weighted by Crippen LogP contribution is -1.97. The molecule has 0 fully saturated rings. The minimum Gasteiger partial charge on any atom is -0.345 e. The van der Waals surface area contributed by atoms with E-state index in [1.54, 1.807) is 30.6 Å². The summed E-state index contributed by atoms with van der Waals surface area (Å²) in [6.45, 7) is 0. The van der Waals surface area contributed by atoms with Gasteiger partial charge in [-0.05, 0) is 18.2 Å². The molecule has 18 heavy (non-hydrogen) atoms. The minimum absolute atomic E-state index is 0.104. The first-order valence-corrected chi connectivity index (χ1v) is 6.65. The van der Waals surface area contributed by atoms with Crippen LogP contribution >= 0.6 is 34.5 Å². The second-order valence-electron chi connectivity index (χ2n) is 3.65. The molecular weight excluding hydrogens is 291 g/mol. The number of thiophene rings is 1. The highest BCUT2D eigenvalue weighted by molar-refractivity contribution is 7.18. The van der Waals surface area contributed by atoms with Gasteiger partial charge in [-0.3, -0.25) is 4.79 Å². The van der Waals surface area contributed by atoms with Gasteiger partial charge in [-0.1, -0.05) is 23.2 Å². The molecule has 0 aliphatic heterocycles. The smallest absolute Gasteiger partial charge is 0.205 e. The van der Waals surface area contributed by atoms with Crippen LogP contribution in [0.3, 0.4) is 0 Å². The first-order valence-electron chi connectivity index (χ1n) is 5.08. The van der Waals surface area contributed by atoms with Crippen LogP contribution < -0.4 is 0 Å². The Morgan fingerprint density at radius 2 is 2.11 bits per heavy atom. The predicted octanol–water partition coefficient (Wildman–Crippen LogP) is 4.16. The predicted molar refractivity (Wildman–Crippen MR) is 73.9 cm³/mol. The molecular formula is C12H6Cl2N2OS. The molecule has 0 aliphatic carbocycles. The number of aromatic amines is 1. The van der Waals surface area contributed by atoms with Gasteiger partial charge in [0.05, 0.1) is 19.8 Å². The number of carbonyl (C=O) groups excluding carboxylic acids is 1. The van der Waals surface area contributed by atoms with Gasteiger partial charge in [-0.2, -0.15) is 0 Å². The first-order chi connectivity index (χ1) is 8.66. The van der Waals surface area contributed by atoms with Crippen molar-refractivity contribution in [1.29, 1.82) is 0 Å².